The van der Waals surface area contributed by atoms with Crippen molar-refractivity contribution in [3.05, 3.63) is 0 Å². The minimum absolute atomic E-state index is 0.111. The summed E-state index contributed by atoms with van der Waals surface area (Å²) >= 11 is 0. The van der Waals surface area contributed by atoms with E-state index in [2.05, 4.69) is 16.2 Å². The van der Waals surface area contributed by atoms with Gasteiger partial charge in [0.25, 0.3) is 0 Å². The number of hydrogen-bond donors (Lipinski definition) is 0. The smallest absolute Gasteiger partial charge is 0.0786 e. The lowest BCUT2D eigenvalue weighted by Crippen LogP contribution is -2.10. The van der Waals surface area contributed by atoms with Crippen LogP contribution in [0.15, 0.2) is 0 Å². The molecule has 1 aliphatic heterocycles. The SMILES string of the molecule is C[C@]1(P)CCCO1. The Kier molecular flexibility index (Phi) is 1.36. The van der Waals surface area contributed by atoms with Crippen molar-refractivity contribution in [2.45, 2.75) is 25.1 Å². The van der Waals surface area contributed by atoms with Crippen LogP contribution < -0.4 is 0 Å². The zero-order chi connectivity index (χ0) is 5.33. The van der Waals surface area contributed by atoms with Crippen LogP contribution >= 0.6 is 9.24 Å². The third-order valence-corrected chi connectivity index (χ3v) is 1.70. The molecule has 1 heterocycles. The average Bonchev–Trinajstić information content (AvgIpc) is 1.84. The molecule has 0 amide bonds. The third kappa shape index (κ3) is 1.40. The van der Waals surface area contributed by atoms with E-state index in [4.69, 9.17) is 4.74 Å². The molecule has 0 spiro atoms. The van der Waals surface area contributed by atoms with E-state index in [0.717, 1.165) is 6.61 Å². The van der Waals surface area contributed by atoms with Gasteiger partial charge in [0.15, 0.2) is 0 Å². The largest absolute Gasteiger partial charge is 0.371 e. The van der Waals surface area contributed by atoms with E-state index in [1.807, 2.05) is 0 Å². The maximum Gasteiger partial charge on any atom is 0.0786 e. The molecule has 0 aromatic carbocycles. The van der Waals surface area contributed by atoms with Crippen LogP contribution in [0, 0.1) is 0 Å². The summed E-state index contributed by atoms with van der Waals surface area (Å²) in [5, 5.41) is 0.111. The van der Waals surface area contributed by atoms with Gasteiger partial charge in [-0.15, -0.1) is 9.24 Å². The van der Waals surface area contributed by atoms with Gasteiger partial charge in [-0.3, -0.25) is 0 Å². The molecule has 0 N–H and O–H groups in total. The molecular weight excluding hydrogens is 107 g/mol. The Morgan fingerprint density at radius 1 is 1.71 bits per heavy atom. The van der Waals surface area contributed by atoms with Gasteiger partial charge in [-0.25, -0.2) is 0 Å². The molecule has 1 fully saturated rings. The Morgan fingerprint density at radius 3 is 2.57 bits per heavy atom. The molecule has 0 bridgehead atoms. The summed E-state index contributed by atoms with van der Waals surface area (Å²) in [5.41, 5.74) is 0. The van der Waals surface area contributed by atoms with Crippen LogP contribution in [0.25, 0.3) is 0 Å². The predicted molar refractivity (Wildman–Crippen MR) is 33.3 cm³/mol. The quantitative estimate of drug-likeness (QED) is 0.437. The Balaban J connectivity index is 2.40. The van der Waals surface area contributed by atoms with E-state index >= 15 is 0 Å². The van der Waals surface area contributed by atoms with Crippen molar-refractivity contribution in [1.82, 2.24) is 0 Å². The predicted octanol–water partition coefficient (Wildman–Crippen LogP) is 1.39. The van der Waals surface area contributed by atoms with Gasteiger partial charge < -0.3 is 4.74 Å². The normalized spacial score (nSPS) is 42.0. The van der Waals surface area contributed by atoms with Crippen molar-refractivity contribution in [1.29, 1.82) is 0 Å². The minimum atomic E-state index is 0.111. The van der Waals surface area contributed by atoms with Crippen LogP contribution in [0.4, 0.5) is 0 Å². The number of ether oxygens (including phenoxy) is 1. The first kappa shape index (κ1) is 5.53. The Hall–Kier alpha value is 0.390. The summed E-state index contributed by atoms with van der Waals surface area (Å²) in [6.07, 6.45) is 2.41. The third-order valence-electron chi connectivity index (χ3n) is 1.25. The Morgan fingerprint density at radius 2 is 2.43 bits per heavy atom. The van der Waals surface area contributed by atoms with Gasteiger partial charge >= 0.3 is 0 Å². The van der Waals surface area contributed by atoms with Gasteiger partial charge in [-0.05, 0) is 19.8 Å². The molecule has 7 heavy (non-hydrogen) atoms. The lowest BCUT2D eigenvalue weighted by atomic mass is 10.3. The standard InChI is InChI=1S/C5H11OP/c1-5(7)3-2-4-6-5/h2-4,7H2,1H3/t5-/m0/s1. The summed E-state index contributed by atoms with van der Waals surface area (Å²) in [5.74, 6) is 0. The molecule has 0 saturated carbocycles. The van der Waals surface area contributed by atoms with Crippen molar-refractivity contribution >= 4 is 9.24 Å². The van der Waals surface area contributed by atoms with E-state index in [1.165, 1.54) is 12.8 Å². The summed E-state index contributed by atoms with van der Waals surface area (Å²) in [7, 11) is 2.71. The number of hydrogen-bond acceptors (Lipinski definition) is 1. The van der Waals surface area contributed by atoms with Gasteiger partial charge in [-0.1, -0.05) is 0 Å². The lowest BCUT2D eigenvalue weighted by molar-refractivity contribution is 0.0962. The highest BCUT2D eigenvalue weighted by Gasteiger charge is 2.22. The molecule has 2 heteroatoms. The van der Waals surface area contributed by atoms with Gasteiger partial charge in [0.1, 0.15) is 0 Å². The summed E-state index contributed by atoms with van der Waals surface area (Å²) in [6, 6.07) is 0. The van der Waals surface area contributed by atoms with Gasteiger partial charge in [-0.2, -0.15) is 0 Å². The molecule has 0 aromatic heterocycles. The summed E-state index contributed by atoms with van der Waals surface area (Å²) in [6.45, 7) is 3.05. The lowest BCUT2D eigenvalue weighted by Gasteiger charge is -2.14. The molecule has 1 aliphatic rings. The Bertz CT molecular complexity index is 62.5. The average molecular weight is 118 g/mol. The topological polar surface area (TPSA) is 9.23 Å². The van der Waals surface area contributed by atoms with E-state index in [-0.39, 0.29) is 5.34 Å². The first-order chi connectivity index (χ1) is 3.21. The molecule has 0 aliphatic carbocycles. The molecule has 2 atom stereocenters. The number of rotatable bonds is 0. The maximum atomic E-state index is 5.30. The van der Waals surface area contributed by atoms with Crippen LogP contribution in [-0.4, -0.2) is 11.9 Å². The zero-order valence-electron chi connectivity index (χ0n) is 4.61. The van der Waals surface area contributed by atoms with Crippen LogP contribution in [0.3, 0.4) is 0 Å². The van der Waals surface area contributed by atoms with Crippen LogP contribution in [0.2, 0.25) is 0 Å². The van der Waals surface area contributed by atoms with Crippen LogP contribution in [-0.2, 0) is 4.74 Å². The van der Waals surface area contributed by atoms with E-state index in [1.54, 1.807) is 0 Å². The fraction of sp³-hybridized carbons (Fsp3) is 1.00. The fourth-order valence-corrected chi connectivity index (χ4v) is 1.12. The molecular formula is C5H11OP. The Labute approximate surface area is 46.6 Å². The summed E-state index contributed by atoms with van der Waals surface area (Å²) in [4.78, 5) is 0. The first-order valence-electron chi connectivity index (χ1n) is 2.64. The van der Waals surface area contributed by atoms with Gasteiger partial charge in [0, 0.05) is 6.61 Å². The second kappa shape index (κ2) is 1.72. The molecule has 0 radical (unpaired) electrons. The van der Waals surface area contributed by atoms with Crippen molar-refractivity contribution in [2.24, 2.45) is 0 Å². The molecule has 1 rings (SSSR count). The zero-order valence-corrected chi connectivity index (χ0v) is 5.76. The molecule has 42 valence electrons. The van der Waals surface area contributed by atoms with E-state index in [0.29, 0.717) is 0 Å². The van der Waals surface area contributed by atoms with Crippen molar-refractivity contribution < 1.29 is 4.74 Å². The fourth-order valence-electron chi connectivity index (χ4n) is 0.801. The van der Waals surface area contributed by atoms with Crippen molar-refractivity contribution in [2.75, 3.05) is 6.61 Å². The van der Waals surface area contributed by atoms with E-state index in [9.17, 15) is 0 Å². The molecule has 1 saturated heterocycles. The van der Waals surface area contributed by atoms with Crippen molar-refractivity contribution in [3.63, 3.8) is 0 Å². The second-order valence-electron chi connectivity index (χ2n) is 2.26. The minimum Gasteiger partial charge on any atom is -0.371 e. The first-order valence-corrected chi connectivity index (χ1v) is 3.21. The highest BCUT2D eigenvalue weighted by Crippen LogP contribution is 2.30. The van der Waals surface area contributed by atoms with Gasteiger partial charge in [0.05, 0.1) is 5.34 Å². The molecule has 1 unspecified atom stereocenters. The van der Waals surface area contributed by atoms with Crippen LogP contribution in [0.5, 0.6) is 0 Å². The maximum absolute atomic E-state index is 5.30. The molecule has 1 nitrogen and oxygen atoms in total. The highest BCUT2D eigenvalue weighted by atomic mass is 31.0. The molecule has 0 aromatic rings. The van der Waals surface area contributed by atoms with Gasteiger partial charge in [0.2, 0.25) is 0 Å². The summed E-state index contributed by atoms with van der Waals surface area (Å²) < 4.78 is 5.30. The van der Waals surface area contributed by atoms with E-state index < -0.39 is 0 Å². The van der Waals surface area contributed by atoms with Crippen LogP contribution in [0.1, 0.15) is 19.8 Å². The highest BCUT2D eigenvalue weighted by molar-refractivity contribution is 7.18. The van der Waals surface area contributed by atoms with Crippen molar-refractivity contribution in [3.8, 4) is 0 Å². The monoisotopic (exact) mass is 118 g/mol. The second-order valence-corrected chi connectivity index (χ2v) is 3.49.